The molecule has 1 aromatic carbocycles. The maximum absolute atomic E-state index is 4.60. The Morgan fingerprint density at radius 3 is 2.57 bits per heavy atom. The zero-order valence-corrected chi connectivity index (χ0v) is 14.5. The van der Waals surface area contributed by atoms with E-state index in [1.807, 2.05) is 22.3 Å². The third-order valence-electron chi connectivity index (χ3n) is 3.82. The van der Waals surface area contributed by atoms with Crippen LogP contribution < -0.4 is 4.90 Å². The normalized spacial score (nSPS) is 11.1. The molecule has 0 bridgehead atoms. The highest BCUT2D eigenvalue weighted by Crippen LogP contribution is 2.34. The standard InChI is InChI=1S/C17H21N5S/c1-4-21(5-2)16-15(23-11-14-9-7-6-8-10-14)13(3)20-17-18-12-19-22(16)17/h6-10,12H,4-5,11H2,1-3H3. The van der Waals surface area contributed by atoms with Crippen LogP contribution in [-0.2, 0) is 5.75 Å². The molecule has 0 atom stereocenters. The van der Waals surface area contributed by atoms with Crippen molar-refractivity contribution in [1.82, 2.24) is 19.6 Å². The number of fused-ring (bicyclic) bond motifs is 1. The Bertz CT molecular complexity index is 780. The monoisotopic (exact) mass is 327 g/mol. The molecule has 3 aromatic rings. The van der Waals surface area contributed by atoms with Crippen LogP contribution in [0.2, 0.25) is 0 Å². The Morgan fingerprint density at radius 1 is 1.13 bits per heavy atom. The molecule has 5 nitrogen and oxygen atoms in total. The predicted octanol–water partition coefficient (Wildman–Crippen LogP) is 3.57. The Labute approximate surface area is 140 Å². The third-order valence-corrected chi connectivity index (χ3v) is 5.06. The molecular weight excluding hydrogens is 306 g/mol. The molecule has 120 valence electrons. The van der Waals surface area contributed by atoms with Crippen LogP contribution in [0.1, 0.15) is 25.1 Å². The van der Waals surface area contributed by atoms with Gasteiger partial charge in [-0.05, 0) is 26.3 Å². The average Bonchev–Trinajstić information content (AvgIpc) is 3.03. The lowest BCUT2D eigenvalue weighted by Gasteiger charge is -2.24. The smallest absolute Gasteiger partial charge is 0.254 e. The highest BCUT2D eigenvalue weighted by molar-refractivity contribution is 7.98. The molecule has 0 spiro atoms. The highest BCUT2D eigenvalue weighted by Gasteiger charge is 2.19. The number of anilines is 1. The minimum Gasteiger partial charge on any atom is -0.356 e. The summed E-state index contributed by atoms with van der Waals surface area (Å²) in [6.45, 7) is 8.22. The molecule has 0 unspecified atom stereocenters. The van der Waals surface area contributed by atoms with Crippen molar-refractivity contribution < 1.29 is 0 Å². The third kappa shape index (κ3) is 3.17. The van der Waals surface area contributed by atoms with Gasteiger partial charge in [-0.3, -0.25) is 0 Å². The van der Waals surface area contributed by atoms with Crippen LogP contribution in [0, 0.1) is 6.92 Å². The summed E-state index contributed by atoms with van der Waals surface area (Å²) in [5.74, 6) is 2.67. The Balaban J connectivity index is 2.03. The van der Waals surface area contributed by atoms with Gasteiger partial charge in [-0.25, -0.2) is 4.98 Å². The van der Waals surface area contributed by atoms with E-state index in [1.165, 1.54) is 10.5 Å². The summed E-state index contributed by atoms with van der Waals surface area (Å²) < 4.78 is 1.85. The van der Waals surface area contributed by atoms with E-state index in [1.54, 1.807) is 6.33 Å². The number of rotatable bonds is 6. The lowest BCUT2D eigenvalue weighted by atomic mass is 10.2. The molecule has 23 heavy (non-hydrogen) atoms. The number of benzene rings is 1. The van der Waals surface area contributed by atoms with Gasteiger partial charge in [-0.15, -0.1) is 11.8 Å². The van der Waals surface area contributed by atoms with Crippen molar-refractivity contribution in [1.29, 1.82) is 0 Å². The van der Waals surface area contributed by atoms with Gasteiger partial charge in [-0.2, -0.15) is 14.6 Å². The fourth-order valence-corrected chi connectivity index (χ4v) is 3.72. The quantitative estimate of drug-likeness (QED) is 0.648. The van der Waals surface area contributed by atoms with Crippen LogP contribution in [0.5, 0.6) is 0 Å². The minimum absolute atomic E-state index is 0.661. The van der Waals surface area contributed by atoms with Crippen molar-refractivity contribution in [3.8, 4) is 0 Å². The van der Waals surface area contributed by atoms with Crippen LogP contribution >= 0.6 is 11.8 Å². The second-order valence-electron chi connectivity index (χ2n) is 5.27. The van der Waals surface area contributed by atoms with Gasteiger partial charge in [0.15, 0.2) is 0 Å². The van der Waals surface area contributed by atoms with Crippen molar-refractivity contribution >= 4 is 23.4 Å². The SMILES string of the molecule is CCN(CC)c1c(SCc2ccccc2)c(C)nc2ncnn12. The topological polar surface area (TPSA) is 46.3 Å². The summed E-state index contributed by atoms with van der Waals surface area (Å²) in [5.41, 5.74) is 2.31. The summed E-state index contributed by atoms with van der Waals surface area (Å²) in [7, 11) is 0. The van der Waals surface area contributed by atoms with Crippen molar-refractivity contribution in [2.24, 2.45) is 0 Å². The molecular formula is C17H21N5S. The predicted molar refractivity (Wildman–Crippen MR) is 95.1 cm³/mol. The molecule has 0 radical (unpaired) electrons. The van der Waals surface area contributed by atoms with E-state index < -0.39 is 0 Å². The first-order valence-electron chi connectivity index (χ1n) is 7.86. The number of nitrogens with zero attached hydrogens (tertiary/aromatic N) is 5. The summed E-state index contributed by atoms with van der Waals surface area (Å²) in [6.07, 6.45) is 1.57. The summed E-state index contributed by atoms with van der Waals surface area (Å²) in [6, 6.07) is 10.5. The van der Waals surface area contributed by atoms with Crippen LogP contribution in [0.3, 0.4) is 0 Å². The molecule has 0 saturated carbocycles. The van der Waals surface area contributed by atoms with Crippen LogP contribution in [0.25, 0.3) is 5.78 Å². The van der Waals surface area contributed by atoms with Gasteiger partial charge in [-0.1, -0.05) is 30.3 Å². The molecule has 0 N–H and O–H groups in total. The van der Waals surface area contributed by atoms with Gasteiger partial charge in [0.1, 0.15) is 12.1 Å². The second-order valence-corrected chi connectivity index (χ2v) is 6.25. The van der Waals surface area contributed by atoms with Gasteiger partial charge in [0.25, 0.3) is 5.78 Å². The number of hydrogen-bond acceptors (Lipinski definition) is 5. The van der Waals surface area contributed by atoms with Crippen molar-refractivity contribution in [2.75, 3.05) is 18.0 Å². The zero-order chi connectivity index (χ0) is 16.2. The van der Waals surface area contributed by atoms with Crippen molar-refractivity contribution in [3.05, 3.63) is 47.9 Å². The molecule has 6 heteroatoms. The minimum atomic E-state index is 0.661. The van der Waals surface area contributed by atoms with Crippen LogP contribution in [0.4, 0.5) is 5.82 Å². The van der Waals surface area contributed by atoms with Crippen LogP contribution in [0.15, 0.2) is 41.6 Å². The Hall–Kier alpha value is -2.08. The maximum Gasteiger partial charge on any atom is 0.254 e. The summed E-state index contributed by atoms with van der Waals surface area (Å²) in [4.78, 5) is 12.3. The largest absolute Gasteiger partial charge is 0.356 e. The molecule has 0 fully saturated rings. The molecule has 0 aliphatic heterocycles. The first-order valence-corrected chi connectivity index (χ1v) is 8.85. The van der Waals surface area contributed by atoms with E-state index >= 15 is 0 Å². The molecule has 0 amide bonds. The summed E-state index contributed by atoms with van der Waals surface area (Å²) in [5, 5.41) is 4.38. The van der Waals surface area contributed by atoms with E-state index in [9.17, 15) is 0 Å². The Kier molecular flexibility index (Phi) is 4.81. The van der Waals surface area contributed by atoms with Gasteiger partial charge < -0.3 is 4.90 Å². The first kappa shape index (κ1) is 15.8. The van der Waals surface area contributed by atoms with Gasteiger partial charge >= 0.3 is 0 Å². The average molecular weight is 327 g/mol. The van der Waals surface area contributed by atoms with Crippen LogP contribution in [-0.4, -0.2) is 32.7 Å². The zero-order valence-electron chi connectivity index (χ0n) is 13.7. The summed E-state index contributed by atoms with van der Waals surface area (Å²) >= 11 is 1.81. The number of aromatic nitrogens is 4. The maximum atomic E-state index is 4.60. The first-order chi connectivity index (χ1) is 11.2. The fourth-order valence-electron chi connectivity index (χ4n) is 2.62. The van der Waals surface area contributed by atoms with Gasteiger partial charge in [0.2, 0.25) is 0 Å². The van der Waals surface area contributed by atoms with E-state index in [0.717, 1.165) is 30.4 Å². The van der Waals surface area contributed by atoms with E-state index in [4.69, 9.17) is 0 Å². The fraction of sp³-hybridized carbons (Fsp3) is 0.353. The molecule has 2 heterocycles. The number of thioether (sulfide) groups is 1. The molecule has 3 rings (SSSR count). The number of hydrogen-bond donors (Lipinski definition) is 0. The molecule has 0 aliphatic carbocycles. The van der Waals surface area contributed by atoms with Crippen molar-refractivity contribution in [2.45, 2.75) is 31.4 Å². The van der Waals surface area contributed by atoms with Crippen molar-refractivity contribution in [3.63, 3.8) is 0 Å². The van der Waals surface area contributed by atoms with E-state index in [2.05, 4.69) is 65.0 Å². The Morgan fingerprint density at radius 2 is 1.87 bits per heavy atom. The number of aryl methyl sites for hydroxylation is 1. The molecule has 2 aromatic heterocycles. The van der Waals surface area contributed by atoms with Gasteiger partial charge in [0, 0.05) is 18.8 Å². The lowest BCUT2D eigenvalue weighted by molar-refractivity contribution is 0.775. The molecule has 0 aliphatic rings. The van der Waals surface area contributed by atoms with E-state index in [-0.39, 0.29) is 0 Å². The highest BCUT2D eigenvalue weighted by atomic mass is 32.2. The molecule has 0 saturated heterocycles. The lowest BCUT2D eigenvalue weighted by Crippen LogP contribution is -2.26. The second kappa shape index (κ2) is 7.00. The van der Waals surface area contributed by atoms with Gasteiger partial charge in [0.05, 0.1) is 10.6 Å². The van der Waals surface area contributed by atoms with E-state index in [0.29, 0.717) is 5.78 Å².